The van der Waals surface area contributed by atoms with E-state index < -0.39 is 52.6 Å². The van der Waals surface area contributed by atoms with Gasteiger partial charge in [0.05, 0.1) is 39.6 Å². The molecular formula is C33H25ClFIN2O5. The van der Waals surface area contributed by atoms with Gasteiger partial charge in [0.15, 0.2) is 0 Å². The zero-order chi connectivity index (χ0) is 30.4. The lowest BCUT2D eigenvalue weighted by molar-refractivity contribution is -0.131. The highest BCUT2D eigenvalue weighted by Gasteiger charge is 2.68. The molecule has 7 rings (SSSR count). The van der Waals surface area contributed by atoms with E-state index >= 15 is 0 Å². The van der Waals surface area contributed by atoms with Crippen molar-refractivity contribution in [3.8, 4) is 5.75 Å². The second-order valence-electron chi connectivity index (χ2n) is 11.8. The third-order valence-electron chi connectivity index (χ3n) is 9.77. The molecule has 0 radical (unpaired) electrons. The molecule has 2 aliphatic carbocycles. The molecule has 0 spiro atoms. The van der Waals surface area contributed by atoms with Crippen molar-refractivity contribution in [1.29, 1.82) is 0 Å². The number of benzene rings is 3. The van der Waals surface area contributed by atoms with Crippen molar-refractivity contribution >= 4 is 69.2 Å². The molecule has 3 aromatic carbocycles. The van der Waals surface area contributed by atoms with Gasteiger partial charge in [-0.1, -0.05) is 41.4 Å². The van der Waals surface area contributed by atoms with E-state index in [4.69, 9.17) is 11.6 Å². The van der Waals surface area contributed by atoms with Gasteiger partial charge in [-0.2, -0.15) is 0 Å². The van der Waals surface area contributed by atoms with Crippen LogP contribution in [0.1, 0.15) is 31.2 Å². The number of aromatic hydroxyl groups is 1. The molecule has 2 saturated heterocycles. The fourth-order valence-corrected chi connectivity index (χ4v) is 8.34. The Morgan fingerprint density at radius 3 is 2.30 bits per heavy atom. The van der Waals surface area contributed by atoms with E-state index in [1.807, 2.05) is 18.2 Å². The number of hydrogen-bond acceptors (Lipinski definition) is 5. The number of phenolic OH excluding ortho intramolecular Hbond substituents is 1. The number of rotatable bonds is 3. The topological polar surface area (TPSA) is 95.0 Å². The number of phenols is 1. The molecule has 43 heavy (non-hydrogen) atoms. The minimum absolute atomic E-state index is 0.0333. The van der Waals surface area contributed by atoms with Gasteiger partial charge in [0, 0.05) is 15.1 Å². The number of fused-ring (bicyclic) bond motifs is 4. The first-order chi connectivity index (χ1) is 20.5. The summed E-state index contributed by atoms with van der Waals surface area (Å²) in [4.78, 5) is 58.6. The summed E-state index contributed by atoms with van der Waals surface area (Å²) >= 11 is 8.20. The van der Waals surface area contributed by atoms with E-state index in [9.17, 15) is 28.7 Å². The van der Waals surface area contributed by atoms with Crippen molar-refractivity contribution in [2.45, 2.75) is 25.7 Å². The van der Waals surface area contributed by atoms with Gasteiger partial charge in [0.25, 0.3) is 0 Å². The average molecular weight is 711 g/mol. The largest absolute Gasteiger partial charge is 0.508 e. The maximum Gasteiger partial charge on any atom is 0.241 e. The van der Waals surface area contributed by atoms with Gasteiger partial charge < -0.3 is 5.11 Å². The molecule has 4 amide bonds. The molecule has 2 heterocycles. The maximum absolute atomic E-state index is 14.4. The smallest absolute Gasteiger partial charge is 0.241 e. The van der Waals surface area contributed by atoms with Gasteiger partial charge in [0.2, 0.25) is 23.6 Å². The maximum atomic E-state index is 14.4. The monoisotopic (exact) mass is 710 g/mol. The van der Waals surface area contributed by atoms with E-state index in [2.05, 4.69) is 22.6 Å². The molecule has 1 N–H and O–H groups in total. The predicted octanol–water partition coefficient (Wildman–Crippen LogP) is 6.22. The van der Waals surface area contributed by atoms with E-state index in [0.29, 0.717) is 17.7 Å². The first kappa shape index (κ1) is 28.2. The number of carbonyl (C=O) groups is 4. The van der Waals surface area contributed by atoms with Gasteiger partial charge >= 0.3 is 0 Å². The zero-order valence-electron chi connectivity index (χ0n) is 22.8. The minimum Gasteiger partial charge on any atom is -0.508 e. The second kappa shape index (κ2) is 9.99. The summed E-state index contributed by atoms with van der Waals surface area (Å²) < 4.78 is 15.0. The van der Waals surface area contributed by atoms with E-state index in [1.165, 1.54) is 23.1 Å². The Morgan fingerprint density at radius 1 is 0.907 bits per heavy atom. The third-order valence-corrected chi connectivity index (χ3v) is 10.8. The van der Waals surface area contributed by atoms with Crippen LogP contribution >= 0.6 is 34.2 Å². The number of para-hydroxylation sites is 1. The molecule has 2 aliphatic heterocycles. The number of halogens is 3. The Kier molecular flexibility index (Phi) is 6.55. The summed E-state index contributed by atoms with van der Waals surface area (Å²) in [6, 6.07) is 17.6. The number of imide groups is 2. The first-order valence-electron chi connectivity index (χ1n) is 14.0. The number of allylic oxidation sites excluding steroid dienone is 2. The van der Waals surface area contributed by atoms with Crippen LogP contribution in [0.5, 0.6) is 5.75 Å². The summed E-state index contributed by atoms with van der Waals surface area (Å²) in [5, 5.41) is 10.8. The SMILES string of the molecule is CC12C(=O)N(c3ccc(F)c(Cl)c3)C(=O)C1CC1C(=CCC3C(=O)N(c4ccc(I)cc4)C(=O)C31)C2c1ccccc1O. The molecule has 218 valence electrons. The van der Waals surface area contributed by atoms with Crippen LogP contribution in [-0.2, 0) is 19.2 Å². The van der Waals surface area contributed by atoms with Crippen molar-refractivity contribution < 1.29 is 28.7 Å². The number of anilines is 2. The van der Waals surface area contributed by atoms with Crippen LogP contribution in [0.2, 0.25) is 5.02 Å². The van der Waals surface area contributed by atoms with Crippen molar-refractivity contribution in [3.05, 3.63) is 98.4 Å². The summed E-state index contributed by atoms with van der Waals surface area (Å²) in [5.74, 6) is -5.75. The normalized spacial score (nSPS) is 29.9. The van der Waals surface area contributed by atoms with Gasteiger partial charge in [-0.15, -0.1) is 0 Å². The zero-order valence-corrected chi connectivity index (χ0v) is 25.8. The van der Waals surface area contributed by atoms with Gasteiger partial charge in [-0.05, 0) is 96.8 Å². The molecular weight excluding hydrogens is 686 g/mol. The predicted molar refractivity (Wildman–Crippen MR) is 166 cm³/mol. The van der Waals surface area contributed by atoms with Crippen molar-refractivity contribution in [3.63, 3.8) is 0 Å². The molecule has 0 aromatic heterocycles. The highest BCUT2D eigenvalue weighted by atomic mass is 127. The Labute approximate surface area is 265 Å². The Hall–Kier alpha value is -3.57. The van der Waals surface area contributed by atoms with Gasteiger partial charge in [-0.3, -0.25) is 24.1 Å². The molecule has 4 aliphatic rings. The fourth-order valence-electron chi connectivity index (χ4n) is 7.81. The van der Waals surface area contributed by atoms with E-state index in [0.717, 1.165) is 20.1 Å². The van der Waals surface area contributed by atoms with E-state index in [-0.39, 0.29) is 34.7 Å². The molecule has 6 unspecified atom stereocenters. The molecule has 1 saturated carbocycles. The van der Waals surface area contributed by atoms with E-state index in [1.54, 1.807) is 37.3 Å². The lowest BCUT2D eigenvalue weighted by Crippen LogP contribution is -2.48. The summed E-state index contributed by atoms with van der Waals surface area (Å²) in [6.45, 7) is 1.72. The Morgan fingerprint density at radius 2 is 1.60 bits per heavy atom. The summed E-state index contributed by atoms with van der Waals surface area (Å²) in [5.41, 5.74) is 0.562. The lowest BCUT2D eigenvalue weighted by Gasteiger charge is -2.49. The number of hydrogen-bond donors (Lipinski definition) is 1. The number of amides is 4. The Balaban J connectivity index is 1.37. The average Bonchev–Trinajstić information content (AvgIpc) is 3.35. The third kappa shape index (κ3) is 3.96. The number of carbonyl (C=O) groups excluding carboxylic acids is 4. The standard InChI is InChI=1S/C33H25ClFIN2O5/c1-33-23(30(41)38(32(33)43)18-10-13-25(35)24(34)14-18)15-22-19(28(33)20-4-2-3-5-26(20)39)11-12-21-27(22)31(42)37(29(21)40)17-8-6-16(36)7-9-17/h2-11,13-14,21-23,27-28,39H,12,15H2,1H3. The molecule has 10 heteroatoms. The quantitative estimate of drug-likeness (QED) is 0.198. The fraction of sp³-hybridized carbons (Fsp3) is 0.273. The highest BCUT2D eigenvalue weighted by Crippen LogP contribution is 2.64. The molecule has 6 atom stereocenters. The lowest BCUT2D eigenvalue weighted by atomic mass is 9.51. The summed E-state index contributed by atoms with van der Waals surface area (Å²) in [6.07, 6.45) is 2.40. The highest BCUT2D eigenvalue weighted by molar-refractivity contribution is 14.1. The van der Waals surface area contributed by atoms with Gasteiger partial charge in [-0.25, -0.2) is 9.29 Å². The van der Waals surface area contributed by atoms with Crippen molar-refractivity contribution in [2.24, 2.45) is 29.1 Å². The molecule has 3 aromatic rings. The molecule has 0 bridgehead atoms. The van der Waals surface area contributed by atoms with Crippen LogP contribution in [-0.4, -0.2) is 28.7 Å². The Bertz CT molecular complexity index is 1780. The van der Waals surface area contributed by atoms with Crippen LogP contribution in [0.3, 0.4) is 0 Å². The number of nitrogens with zero attached hydrogens (tertiary/aromatic N) is 2. The first-order valence-corrected chi connectivity index (χ1v) is 15.4. The summed E-state index contributed by atoms with van der Waals surface area (Å²) in [7, 11) is 0. The van der Waals surface area contributed by atoms with Crippen LogP contribution in [0, 0.1) is 38.5 Å². The minimum atomic E-state index is -1.33. The van der Waals surface area contributed by atoms with Crippen LogP contribution in [0.15, 0.2) is 78.4 Å². The molecule has 7 nitrogen and oxygen atoms in total. The second-order valence-corrected chi connectivity index (χ2v) is 13.5. The van der Waals surface area contributed by atoms with Crippen molar-refractivity contribution in [2.75, 3.05) is 9.80 Å². The molecule has 3 fully saturated rings. The van der Waals surface area contributed by atoms with Crippen LogP contribution in [0.4, 0.5) is 15.8 Å². The van der Waals surface area contributed by atoms with Crippen molar-refractivity contribution in [1.82, 2.24) is 0 Å². The van der Waals surface area contributed by atoms with Gasteiger partial charge in [0.1, 0.15) is 11.6 Å². The van der Waals surface area contributed by atoms with Crippen LogP contribution in [0.25, 0.3) is 0 Å². The van der Waals surface area contributed by atoms with Crippen LogP contribution < -0.4 is 9.80 Å².